The second kappa shape index (κ2) is 5.89. The third-order valence-electron chi connectivity index (χ3n) is 5.97. The largest absolute Gasteiger partial charge is 0.382 e. The van der Waals surface area contributed by atoms with Crippen LogP contribution in [-0.2, 0) is 15.6 Å². The molecule has 3 aliphatic rings. The minimum absolute atomic E-state index is 0.0523. The van der Waals surface area contributed by atoms with Gasteiger partial charge in [0, 0.05) is 18.1 Å². The Morgan fingerprint density at radius 2 is 1.81 bits per heavy atom. The predicted octanol–water partition coefficient (Wildman–Crippen LogP) is 2.19. The van der Waals surface area contributed by atoms with E-state index >= 15 is 0 Å². The number of pyridine rings is 1. The second-order valence-corrected chi connectivity index (χ2v) is 9.29. The molecule has 2 aromatic heterocycles. The highest BCUT2D eigenvalue weighted by Crippen LogP contribution is 2.44. The van der Waals surface area contributed by atoms with Gasteiger partial charge in [0.05, 0.1) is 10.6 Å². The highest BCUT2D eigenvalue weighted by atomic mass is 32.2. The van der Waals surface area contributed by atoms with E-state index in [4.69, 9.17) is 0 Å². The summed E-state index contributed by atoms with van der Waals surface area (Å²) in [7, 11) is -3.88. The summed E-state index contributed by atoms with van der Waals surface area (Å²) in [6, 6.07) is 13.8. The first-order chi connectivity index (χ1) is 13.0. The summed E-state index contributed by atoms with van der Waals surface area (Å²) in [6.07, 6.45) is 3.33. The van der Waals surface area contributed by atoms with Gasteiger partial charge in [0.15, 0.2) is 5.65 Å². The average Bonchev–Trinajstić information content (AvgIpc) is 3.11. The summed E-state index contributed by atoms with van der Waals surface area (Å²) in [5.41, 5.74) is -0.408. The lowest BCUT2D eigenvalue weighted by Gasteiger charge is -2.50. The zero-order chi connectivity index (χ0) is 18.6. The van der Waals surface area contributed by atoms with Gasteiger partial charge < -0.3 is 10.0 Å². The lowest BCUT2D eigenvalue weighted by atomic mass is 9.73. The highest BCUT2D eigenvalue weighted by molar-refractivity contribution is 7.90. The molecule has 0 radical (unpaired) electrons. The first kappa shape index (κ1) is 16.9. The number of nitrogens with zero attached hydrogens (tertiary/aromatic N) is 3. The fraction of sp³-hybridized carbons (Fsp3) is 0.350. The zero-order valence-corrected chi connectivity index (χ0v) is 15.6. The Morgan fingerprint density at radius 1 is 1.07 bits per heavy atom. The van der Waals surface area contributed by atoms with E-state index < -0.39 is 15.6 Å². The van der Waals surface area contributed by atoms with Gasteiger partial charge in [0.25, 0.3) is 10.0 Å². The molecular formula is C20H21N3O3S. The van der Waals surface area contributed by atoms with E-state index in [0.717, 1.165) is 31.3 Å². The van der Waals surface area contributed by atoms with Crippen LogP contribution in [0.1, 0.15) is 18.5 Å². The molecule has 6 nitrogen and oxygen atoms in total. The van der Waals surface area contributed by atoms with Gasteiger partial charge >= 0.3 is 0 Å². The molecule has 3 aliphatic heterocycles. The van der Waals surface area contributed by atoms with Crippen molar-refractivity contribution in [1.29, 1.82) is 0 Å². The number of piperidine rings is 3. The van der Waals surface area contributed by atoms with E-state index in [2.05, 4.69) is 9.88 Å². The van der Waals surface area contributed by atoms with E-state index in [1.807, 2.05) is 6.07 Å². The van der Waals surface area contributed by atoms with Crippen LogP contribution < -0.4 is 0 Å². The van der Waals surface area contributed by atoms with Crippen LogP contribution in [0.25, 0.3) is 11.0 Å². The van der Waals surface area contributed by atoms with Gasteiger partial charge in [-0.1, -0.05) is 18.2 Å². The monoisotopic (exact) mass is 383 g/mol. The van der Waals surface area contributed by atoms with Crippen molar-refractivity contribution in [3.05, 3.63) is 60.4 Å². The molecule has 2 bridgehead atoms. The van der Waals surface area contributed by atoms with Gasteiger partial charge in [-0.3, -0.25) is 0 Å². The molecule has 3 aromatic rings. The quantitative estimate of drug-likeness (QED) is 0.750. The molecule has 1 aromatic carbocycles. The number of fused-ring (bicyclic) bond motifs is 4. The standard InChI is InChI=1S/C20H21N3O3S/c24-20(14-22-11-8-16(20)9-12-22)18-13-15-5-4-10-21-19(15)23(18)27(25,26)17-6-2-1-3-7-17/h1-7,10,13,16,24H,8-9,11-12,14H2/t20-/m0/s1. The lowest BCUT2D eigenvalue weighted by molar-refractivity contribution is -0.120. The van der Waals surface area contributed by atoms with Crippen LogP contribution in [0.2, 0.25) is 0 Å². The van der Waals surface area contributed by atoms with Crippen molar-refractivity contribution in [2.75, 3.05) is 19.6 Å². The van der Waals surface area contributed by atoms with Gasteiger partial charge in [0.2, 0.25) is 0 Å². The molecule has 0 aliphatic carbocycles. The summed E-state index contributed by atoms with van der Waals surface area (Å²) in [5.74, 6) is 0.0523. The fourth-order valence-corrected chi connectivity index (χ4v) is 6.14. The van der Waals surface area contributed by atoms with E-state index in [9.17, 15) is 13.5 Å². The summed E-state index contributed by atoms with van der Waals surface area (Å²) in [5, 5.41) is 12.4. The third-order valence-corrected chi connectivity index (χ3v) is 7.69. The minimum Gasteiger partial charge on any atom is -0.382 e. The van der Waals surface area contributed by atoms with Crippen molar-refractivity contribution >= 4 is 21.1 Å². The Labute approximate surface area is 158 Å². The minimum atomic E-state index is -3.88. The summed E-state index contributed by atoms with van der Waals surface area (Å²) in [6.45, 7) is 2.37. The molecule has 3 saturated heterocycles. The zero-order valence-electron chi connectivity index (χ0n) is 14.8. The van der Waals surface area contributed by atoms with Crippen molar-refractivity contribution in [1.82, 2.24) is 13.9 Å². The Balaban J connectivity index is 1.79. The number of rotatable bonds is 3. The van der Waals surface area contributed by atoms with Crippen LogP contribution >= 0.6 is 0 Å². The topological polar surface area (TPSA) is 75.4 Å². The highest BCUT2D eigenvalue weighted by Gasteiger charge is 2.49. The third kappa shape index (κ3) is 2.46. The first-order valence-corrected chi connectivity index (χ1v) is 10.7. The van der Waals surface area contributed by atoms with Crippen LogP contribution in [0, 0.1) is 5.92 Å². The normalized spacial score (nSPS) is 27.9. The van der Waals surface area contributed by atoms with Crippen molar-refractivity contribution in [3.63, 3.8) is 0 Å². The Bertz CT molecular complexity index is 1100. The molecule has 27 heavy (non-hydrogen) atoms. The summed E-state index contributed by atoms with van der Waals surface area (Å²) < 4.78 is 28.3. The first-order valence-electron chi connectivity index (χ1n) is 9.22. The molecule has 7 heteroatoms. The van der Waals surface area contributed by atoms with Gasteiger partial charge in [-0.05, 0) is 62.2 Å². The maximum Gasteiger partial charge on any atom is 0.269 e. The van der Waals surface area contributed by atoms with Crippen molar-refractivity contribution < 1.29 is 13.5 Å². The predicted molar refractivity (Wildman–Crippen MR) is 102 cm³/mol. The number of hydrogen-bond donors (Lipinski definition) is 1. The van der Waals surface area contributed by atoms with Gasteiger partial charge in [-0.2, -0.15) is 0 Å². The average molecular weight is 383 g/mol. The molecule has 140 valence electrons. The Hall–Kier alpha value is -2.22. The van der Waals surface area contributed by atoms with Crippen LogP contribution in [0.4, 0.5) is 0 Å². The van der Waals surface area contributed by atoms with Gasteiger partial charge in [0.1, 0.15) is 5.60 Å². The van der Waals surface area contributed by atoms with Crippen LogP contribution in [0.5, 0.6) is 0 Å². The molecule has 6 rings (SSSR count). The fourth-order valence-electron chi connectivity index (χ4n) is 4.58. The molecule has 0 amide bonds. The smallest absolute Gasteiger partial charge is 0.269 e. The van der Waals surface area contributed by atoms with E-state index in [-0.39, 0.29) is 10.8 Å². The lowest BCUT2D eigenvalue weighted by Crippen LogP contribution is -2.58. The molecular weight excluding hydrogens is 362 g/mol. The van der Waals surface area contributed by atoms with E-state index in [1.165, 1.54) is 3.97 Å². The molecule has 5 heterocycles. The van der Waals surface area contributed by atoms with E-state index in [0.29, 0.717) is 17.9 Å². The molecule has 0 saturated carbocycles. The van der Waals surface area contributed by atoms with E-state index in [1.54, 1.807) is 48.7 Å². The number of hydrogen-bond acceptors (Lipinski definition) is 5. The van der Waals surface area contributed by atoms with Crippen molar-refractivity contribution in [3.8, 4) is 0 Å². The van der Waals surface area contributed by atoms with Crippen LogP contribution in [0.3, 0.4) is 0 Å². The molecule has 1 N–H and O–H groups in total. The number of aliphatic hydroxyl groups is 1. The van der Waals surface area contributed by atoms with Gasteiger partial charge in [-0.25, -0.2) is 17.4 Å². The molecule has 0 spiro atoms. The Morgan fingerprint density at radius 3 is 2.48 bits per heavy atom. The van der Waals surface area contributed by atoms with Crippen LogP contribution in [0.15, 0.2) is 59.6 Å². The summed E-state index contributed by atoms with van der Waals surface area (Å²) >= 11 is 0. The number of aromatic nitrogens is 2. The van der Waals surface area contributed by atoms with Crippen molar-refractivity contribution in [2.24, 2.45) is 5.92 Å². The maximum atomic E-state index is 13.5. The molecule has 1 atom stereocenters. The number of benzene rings is 1. The Kier molecular flexibility index (Phi) is 3.69. The molecule has 0 unspecified atom stereocenters. The van der Waals surface area contributed by atoms with Gasteiger partial charge in [-0.15, -0.1) is 0 Å². The SMILES string of the molecule is O=S(=O)(c1ccccc1)n1c([C@]2(O)CN3CCC2CC3)cc2cccnc21. The second-order valence-electron chi connectivity index (χ2n) is 7.50. The van der Waals surface area contributed by atoms with Crippen LogP contribution in [-0.4, -0.2) is 47.0 Å². The summed E-state index contributed by atoms with van der Waals surface area (Å²) in [4.78, 5) is 6.75. The van der Waals surface area contributed by atoms with Crippen molar-refractivity contribution in [2.45, 2.75) is 23.3 Å². The molecule has 3 fully saturated rings. The maximum absolute atomic E-state index is 13.5.